The number of nitrogens with one attached hydrogen (secondary N) is 2. The molecule has 0 fully saturated rings. The second-order valence-electron chi connectivity index (χ2n) is 6.40. The van der Waals surface area contributed by atoms with Gasteiger partial charge in [0, 0.05) is 17.4 Å². The van der Waals surface area contributed by atoms with E-state index in [1.165, 1.54) is 0 Å². The minimum Gasteiger partial charge on any atom is -0.493 e. The normalized spacial score (nSPS) is 16.9. The van der Waals surface area contributed by atoms with Crippen LogP contribution < -0.4 is 10.1 Å². The highest BCUT2D eigenvalue weighted by atomic mass is 16.5. The summed E-state index contributed by atoms with van der Waals surface area (Å²) >= 11 is 0. The fourth-order valence-electron chi connectivity index (χ4n) is 3.17. The standard InChI is InChI=1S/C20H19N3O4/c1-12(27-20(25)18-14-7-2-4-8-16(14)22-23-18)19(24)21-15-10-11-26-17-9-5-3-6-13(15)17/h2-9,12,15H,10-11H2,1H3,(H,21,24)(H,22,23). The molecule has 0 saturated carbocycles. The molecule has 0 saturated heterocycles. The molecule has 7 heteroatoms. The summed E-state index contributed by atoms with van der Waals surface area (Å²) in [6, 6.07) is 14.7. The largest absolute Gasteiger partial charge is 0.493 e. The third-order valence-electron chi connectivity index (χ3n) is 4.59. The number of aromatic amines is 1. The van der Waals surface area contributed by atoms with Gasteiger partial charge in [0.2, 0.25) is 0 Å². The van der Waals surface area contributed by atoms with Crippen molar-refractivity contribution in [3.8, 4) is 5.75 Å². The average molecular weight is 365 g/mol. The second kappa shape index (κ2) is 7.11. The number of esters is 1. The number of nitrogens with zero attached hydrogens (tertiary/aromatic N) is 1. The van der Waals surface area contributed by atoms with Crippen LogP contribution in [-0.2, 0) is 9.53 Å². The van der Waals surface area contributed by atoms with E-state index in [-0.39, 0.29) is 17.6 Å². The van der Waals surface area contributed by atoms with Gasteiger partial charge >= 0.3 is 5.97 Å². The number of benzene rings is 2. The molecule has 27 heavy (non-hydrogen) atoms. The van der Waals surface area contributed by atoms with Crippen molar-refractivity contribution in [3.63, 3.8) is 0 Å². The zero-order valence-electron chi connectivity index (χ0n) is 14.8. The quantitative estimate of drug-likeness (QED) is 0.694. The van der Waals surface area contributed by atoms with E-state index in [9.17, 15) is 9.59 Å². The van der Waals surface area contributed by atoms with Crippen molar-refractivity contribution in [1.29, 1.82) is 0 Å². The number of aromatic nitrogens is 2. The highest BCUT2D eigenvalue weighted by molar-refractivity contribution is 6.02. The molecule has 2 aromatic carbocycles. The van der Waals surface area contributed by atoms with Crippen molar-refractivity contribution < 1.29 is 19.1 Å². The summed E-state index contributed by atoms with van der Waals surface area (Å²) in [6.07, 6.45) is -0.282. The van der Waals surface area contributed by atoms with Gasteiger partial charge in [-0.3, -0.25) is 9.89 Å². The van der Waals surface area contributed by atoms with Gasteiger partial charge in [-0.25, -0.2) is 4.79 Å². The predicted octanol–water partition coefficient (Wildman–Crippen LogP) is 2.75. The molecule has 138 valence electrons. The Morgan fingerprint density at radius 3 is 2.89 bits per heavy atom. The molecule has 2 unspecified atom stereocenters. The van der Waals surface area contributed by atoms with Crippen molar-refractivity contribution in [1.82, 2.24) is 15.5 Å². The van der Waals surface area contributed by atoms with Gasteiger partial charge in [-0.05, 0) is 19.1 Å². The van der Waals surface area contributed by atoms with Gasteiger partial charge in [-0.15, -0.1) is 0 Å². The molecule has 0 aliphatic carbocycles. The Balaban J connectivity index is 1.43. The van der Waals surface area contributed by atoms with Crippen LogP contribution in [0.2, 0.25) is 0 Å². The fraction of sp³-hybridized carbons (Fsp3) is 0.250. The summed E-state index contributed by atoms with van der Waals surface area (Å²) in [5.74, 6) is -0.228. The number of rotatable bonds is 4. The van der Waals surface area contributed by atoms with Gasteiger partial charge in [-0.1, -0.05) is 36.4 Å². The molecule has 1 aromatic heterocycles. The van der Waals surface area contributed by atoms with E-state index in [2.05, 4.69) is 15.5 Å². The topological polar surface area (TPSA) is 93.3 Å². The predicted molar refractivity (Wildman–Crippen MR) is 98.4 cm³/mol. The van der Waals surface area contributed by atoms with Gasteiger partial charge in [0.25, 0.3) is 5.91 Å². The molecular weight excluding hydrogens is 346 g/mol. The minimum absolute atomic E-state index is 0.168. The van der Waals surface area contributed by atoms with Crippen LogP contribution in [0.5, 0.6) is 5.75 Å². The Morgan fingerprint density at radius 1 is 1.22 bits per heavy atom. The second-order valence-corrected chi connectivity index (χ2v) is 6.40. The molecule has 2 atom stereocenters. The maximum atomic E-state index is 12.5. The van der Waals surface area contributed by atoms with Crippen LogP contribution in [0.4, 0.5) is 0 Å². The van der Waals surface area contributed by atoms with E-state index in [0.717, 1.165) is 16.8 Å². The Hall–Kier alpha value is -3.35. The summed E-state index contributed by atoms with van der Waals surface area (Å²) < 4.78 is 10.9. The zero-order chi connectivity index (χ0) is 18.8. The Bertz CT molecular complexity index is 998. The van der Waals surface area contributed by atoms with E-state index in [0.29, 0.717) is 18.4 Å². The molecule has 1 aliphatic heterocycles. The monoisotopic (exact) mass is 365 g/mol. The van der Waals surface area contributed by atoms with E-state index in [4.69, 9.17) is 9.47 Å². The minimum atomic E-state index is -0.942. The van der Waals surface area contributed by atoms with Crippen LogP contribution in [0.3, 0.4) is 0 Å². The molecule has 4 rings (SSSR count). The molecule has 3 aromatic rings. The maximum absolute atomic E-state index is 12.5. The first-order valence-electron chi connectivity index (χ1n) is 8.79. The van der Waals surface area contributed by atoms with Crippen molar-refractivity contribution in [2.24, 2.45) is 0 Å². The molecule has 1 amide bonds. The van der Waals surface area contributed by atoms with Gasteiger partial charge in [0.05, 0.1) is 18.2 Å². The molecule has 1 aliphatic rings. The highest BCUT2D eigenvalue weighted by Crippen LogP contribution is 2.31. The van der Waals surface area contributed by atoms with Crippen molar-refractivity contribution in [2.45, 2.75) is 25.5 Å². The van der Waals surface area contributed by atoms with E-state index in [1.54, 1.807) is 13.0 Å². The van der Waals surface area contributed by atoms with E-state index < -0.39 is 12.1 Å². The summed E-state index contributed by atoms with van der Waals surface area (Å²) in [6.45, 7) is 2.07. The Kier molecular flexibility index (Phi) is 4.50. The summed E-state index contributed by atoms with van der Waals surface area (Å²) in [5.41, 5.74) is 1.83. The third-order valence-corrected chi connectivity index (χ3v) is 4.59. The number of H-pyrrole nitrogens is 1. The first kappa shape index (κ1) is 17.1. The summed E-state index contributed by atoms with van der Waals surface area (Å²) in [4.78, 5) is 25.0. The molecule has 0 spiro atoms. The van der Waals surface area contributed by atoms with Crippen molar-refractivity contribution in [2.75, 3.05) is 6.61 Å². The fourth-order valence-corrected chi connectivity index (χ4v) is 3.17. The van der Waals surface area contributed by atoms with Crippen molar-refractivity contribution >= 4 is 22.8 Å². The SMILES string of the molecule is CC(OC(=O)c1n[nH]c2ccccc12)C(=O)NC1CCOc2ccccc21. The molecular formula is C20H19N3O4. The lowest BCUT2D eigenvalue weighted by Crippen LogP contribution is -2.39. The lowest BCUT2D eigenvalue weighted by molar-refractivity contribution is -0.130. The lowest BCUT2D eigenvalue weighted by atomic mass is 10.0. The number of hydrogen-bond acceptors (Lipinski definition) is 5. The number of amides is 1. The van der Waals surface area contributed by atoms with E-state index in [1.807, 2.05) is 42.5 Å². The van der Waals surface area contributed by atoms with Crippen LogP contribution >= 0.6 is 0 Å². The third kappa shape index (κ3) is 3.36. The number of carbonyl (C=O) groups excluding carboxylic acids is 2. The molecule has 2 heterocycles. The van der Waals surface area contributed by atoms with Gasteiger partial charge < -0.3 is 14.8 Å². The van der Waals surface area contributed by atoms with Crippen LogP contribution in [0, 0.1) is 0 Å². The smallest absolute Gasteiger partial charge is 0.360 e. The first-order valence-corrected chi connectivity index (χ1v) is 8.79. The maximum Gasteiger partial charge on any atom is 0.360 e. The first-order chi connectivity index (χ1) is 13.1. The van der Waals surface area contributed by atoms with Gasteiger partial charge in [0.15, 0.2) is 11.8 Å². The van der Waals surface area contributed by atoms with Crippen LogP contribution in [-0.4, -0.2) is 34.8 Å². The molecule has 0 radical (unpaired) electrons. The van der Waals surface area contributed by atoms with Gasteiger partial charge in [-0.2, -0.15) is 5.10 Å². The summed E-state index contributed by atoms with van der Waals surface area (Å²) in [7, 11) is 0. The number of ether oxygens (including phenoxy) is 2. The summed E-state index contributed by atoms with van der Waals surface area (Å²) in [5, 5.41) is 10.4. The zero-order valence-corrected chi connectivity index (χ0v) is 14.8. The number of para-hydroxylation sites is 2. The molecule has 0 bridgehead atoms. The number of fused-ring (bicyclic) bond motifs is 2. The average Bonchev–Trinajstić information content (AvgIpc) is 3.12. The van der Waals surface area contributed by atoms with Gasteiger partial charge in [0.1, 0.15) is 5.75 Å². The Labute approximate surface area is 155 Å². The number of carbonyl (C=O) groups is 2. The van der Waals surface area contributed by atoms with Crippen LogP contribution in [0.1, 0.15) is 35.4 Å². The molecule has 2 N–H and O–H groups in total. The molecule has 7 nitrogen and oxygen atoms in total. The lowest BCUT2D eigenvalue weighted by Gasteiger charge is -2.27. The number of hydrogen-bond donors (Lipinski definition) is 2. The highest BCUT2D eigenvalue weighted by Gasteiger charge is 2.27. The van der Waals surface area contributed by atoms with E-state index >= 15 is 0 Å². The van der Waals surface area contributed by atoms with Crippen molar-refractivity contribution in [3.05, 3.63) is 59.8 Å². The van der Waals surface area contributed by atoms with Crippen LogP contribution in [0.25, 0.3) is 10.9 Å². The van der Waals surface area contributed by atoms with Crippen LogP contribution in [0.15, 0.2) is 48.5 Å². The Morgan fingerprint density at radius 2 is 2.00 bits per heavy atom.